The molecule has 1 atom stereocenters. The molecule has 0 bridgehead atoms. The molecule has 0 amide bonds. The molecule has 0 aliphatic carbocycles. The first kappa shape index (κ1) is 15.6. The van der Waals surface area contributed by atoms with Crippen LogP contribution in [-0.2, 0) is 11.9 Å². The third-order valence-corrected chi connectivity index (χ3v) is 4.29. The molecule has 0 fully saturated rings. The van der Waals surface area contributed by atoms with E-state index in [1.165, 1.54) is 0 Å². The average Bonchev–Trinajstić information content (AvgIpc) is 3.35. The lowest BCUT2D eigenvalue weighted by Crippen LogP contribution is -2.28. The number of anilines is 1. The summed E-state index contributed by atoms with van der Waals surface area (Å²) in [5.41, 5.74) is 4.79. The van der Waals surface area contributed by atoms with Crippen molar-refractivity contribution in [1.82, 2.24) is 25.2 Å². The second-order valence-corrected chi connectivity index (χ2v) is 6.05. The molecular weight excluding hydrogens is 340 g/mol. The van der Waals surface area contributed by atoms with E-state index in [0.717, 1.165) is 11.4 Å². The highest BCUT2D eigenvalue weighted by Gasteiger charge is 2.28. The molecule has 4 rings (SSSR count). The van der Waals surface area contributed by atoms with E-state index in [0.29, 0.717) is 23.2 Å². The molecular formula is C16H16N6O2S. The van der Waals surface area contributed by atoms with Gasteiger partial charge in [0.1, 0.15) is 10.9 Å². The zero-order valence-corrected chi connectivity index (χ0v) is 14.5. The van der Waals surface area contributed by atoms with Gasteiger partial charge in [-0.25, -0.2) is 0 Å². The van der Waals surface area contributed by atoms with Crippen molar-refractivity contribution in [3.8, 4) is 11.6 Å². The molecule has 128 valence electrons. The Balaban J connectivity index is 1.53. The molecule has 3 aromatic heterocycles. The number of nitrogens with one attached hydrogen (secondary N) is 1. The number of rotatable bonds is 4. The van der Waals surface area contributed by atoms with Gasteiger partial charge in [0.25, 0.3) is 0 Å². The Labute approximate surface area is 149 Å². The van der Waals surface area contributed by atoms with E-state index in [1.54, 1.807) is 23.8 Å². The van der Waals surface area contributed by atoms with Gasteiger partial charge in [-0.2, -0.15) is 12.6 Å². The maximum Gasteiger partial charge on any atom is 0.199 e. The lowest BCUT2D eigenvalue weighted by Gasteiger charge is -2.19. The van der Waals surface area contributed by atoms with Crippen LogP contribution < -0.4 is 10.6 Å². The van der Waals surface area contributed by atoms with Crippen LogP contribution in [0.1, 0.15) is 16.8 Å². The Morgan fingerprint density at radius 1 is 1.28 bits per heavy atom. The van der Waals surface area contributed by atoms with Crippen LogP contribution in [0.2, 0.25) is 0 Å². The summed E-state index contributed by atoms with van der Waals surface area (Å²) in [5, 5.41) is 9.58. The topological polar surface area (TPSA) is 81.2 Å². The fourth-order valence-corrected chi connectivity index (χ4v) is 2.87. The van der Waals surface area contributed by atoms with E-state index >= 15 is 0 Å². The van der Waals surface area contributed by atoms with Crippen LogP contribution in [0.5, 0.6) is 0 Å². The van der Waals surface area contributed by atoms with Gasteiger partial charge in [0, 0.05) is 18.9 Å². The summed E-state index contributed by atoms with van der Waals surface area (Å²) in [7, 11) is 1.86. The van der Waals surface area contributed by atoms with Gasteiger partial charge >= 0.3 is 0 Å². The molecule has 1 unspecified atom stereocenters. The lowest BCUT2D eigenvalue weighted by molar-refractivity contribution is 0.184. The number of hydrazine groups is 1. The summed E-state index contributed by atoms with van der Waals surface area (Å²) < 4.78 is 7.22. The van der Waals surface area contributed by atoms with Crippen LogP contribution in [-0.4, -0.2) is 19.7 Å². The Morgan fingerprint density at radius 3 is 2.92 bits per heavy atom. The molecule has 0 saturated heterocycles. The molecule has 8 nitrogen and oxygen atoms in total. The van der Waals surface area contributed by atoms with Crippen LogP contribution in [0.25, 0.3) is 11.6 Å². The van der Waals surface area contributed by atoms with Gasteiger partial charge in [-0.3, -0.25) is 10.4 Å². The van der Waals surface area contributed by atoms with Crippen molar-refractivity contribution < 1.29 is 9.25 Å². The highest BCUT2D eigenvalue weighted by molar-refractivity contribution is 7.80. The Morgan fingerprint density at radius 2 is 2.16 bits per heavy atom. The average molecular weight is 356 g/mol. The van der Waals surface area contributed by atoms with Crippen molar-refractivity contribution in [3.63, 3.8) is 0 Å². The number of hydrogen-bond donors (Lipinski definition) is 2. The standard InChI is InChI=1S/C16H16N6O2S/c1-10-8-11(5-6-17-10)22-18-9-13(24-22)14(25)16-20-19-15(21(16)2)12-4-3-7-23-12/h3-9,14,18,25H,1-2H3. The molecule has 0 aromatic carbocycles. The third kappa shape index (κ3) is 2.82. The van der Waals surface area contributed by atoms with Gasteiger partial charge in [0.15, 0.2) is 23.2 Å². The minimum Gasteiger partial charge on any atom is -0.461 e. The van der Waals surface area contributed by atoms with Crippen LogP contribution in [0.4, 0.5) is 5.69 Å². The monoisotopic (exact) mass is 356 g/mol. The maximum absolute atomic E-state index is 5.85. The van der Waals surface area contributed by atoms with Crippen LogP contribution in [0, 0.1) is 6.92 Å². The van der Waals surface area contributed by atoms with Crippen molar-refractivity contribution in [2.24, 2.45) is 7.05 Å². The lowest BCUT2D eigenvalue weighted by atomic mass is 10.3. The number of nitrogens with zero attached hydrogens (tertiary/aromatic N) is 5. The predicted molar refractivity (Wildman–Crippen MR) is 94.2 cm³/mol. The molecule has 25 heavy (non-hydrogen) atoms. The molecule has 1 N–H and O–H groups in total. The normalized spacial score (nSPS) is 14.8. The predicted octanol–water partition coefficient (Wildman–Crippen LogP) is 2.55. The Kier molecular flexibility index (Phi) is 3.85. The van der Waals surface area contributed by atoms with Crippen molar-refractivity contribution >= 4 is 18.3 Å². The smallest absolute Gasteiger partial charge is 0.199 e. The number of aryl methyl sites for hydroxylation is 1. The van der Waals surface area contributed by atoms with Crippen molar-refractivity contribution in [2.45, 2.75) is 12.2 Å². The fraction of sp³-hybridized carbons (Fsp3) is 0.188. The number of aromatic nitrogens is 4. The number of hydrogen-bond acceptors (Lipinski definition) is 8. The minimum atomic E-state index is -0.387. The van der Waals surface area contributed by atoms with E-state index in [4.69, 9.17) is 9.25 Å². The zero-order valence-electron chi connectivity index (χ0n) is 13.6. The van der Waals surface area contributed by atoms with E-state index in [2.05, 4.69) is 33.2 Å². The summed E-state index contributed by atoms with van der Waals surface area (Å²) in [6.45, 7) is 1.92. The number of thiol groups is 1. The molecule has 1 aliphatic heterocycles. The van der Waals surface area contributed by atoms with Gasteiger partial charge in [0.05, 0.1) is 12.5 Å². The van der Waals surface area contributed by atoms with Crippen LogP contribution >= 0.6 is 12.6 Å². The number of furan rings is 1. The second kappa shape index (κ2) is 6.17. The maximum atomic E-state index is 5.85. The van der Waals surface area contributed by atoms with Gasteiger partial charge < -0.3 is 13.8 Å². The molecule has 0 saturated carbocycles. The van der Waals surface area contributed by atoms with Crippen molar-refractivity contribution in [1.29, 1.82) is 0 Å². The Bertz CT molecular complexity index is 921. The van der Waals surface area contributed by atoms with E-state index in [9.17, 15) is 0 Å². The van der Waals surface area contributed by atoms with E-state index in [-0.39, 0.29) is 5.25 Å². The van der Waals surface area contributed by atoms with Crippen LogP contribution in [0.15, 0.2) is 53.1 Å². The Hall–Kier alpha value is -2.94. The molecule has 0 spiro atoms. The molecule has 4 heterocycles. The quantitative estimate of drug-likeness (QED) is 0.695. The van der Waals surface area contributed by atoms with Crippen molar-refractivity contribution in [2.75, 3.05) is 5.17 Å². The summed E-state index contributed by atoms with van der Waals surface area (Å²) in [4.78, 5) is 10.0. The highest BCUT2D eigenvalue weighted by Crippen LogP contribution is 2.33. The van der Waals surface area contributed by atoms with Gasteiger partial charge in [-0.1, -0.05) is 0 Å². The summed E-state index contributed by atoms with van der Waals surface area (Å²) >= 11 is 4.64. The molecule has 9 heteroatoms. The third-order valence-electron chi connectivity index (χ3n) is 3.80. The van der Waals surface area contributed by atoms with Gasteiger partial charge in [0.2, 0.25) is 0 Å². The van der Waals surface area contributed by atoms with Gasteiger partial charge in [-0.05, 0) is 31.2 Å². The van der Waals surface area contributed by atoms with Crippen LogP contribution in [0.3, 0.4) is 0 Å². The number of pyridine rings is 1. The summed E-state index contributed by atoms with van der Waals surface area (Å²) in [5.74, 6) is 2.54. The van der Waals surface area contributed by atoms with Crippen molar-refractivity contribution in [3.05, 3.63) is 60.2 Å². The first-order valence-corrected chi connectivity index (χ1v) is 8.13. The van der Waals surface area contributed by atoms with E-state index in [1.807, 2.05) is 42.8 Å². The second-order valence-electron chi connectivity index (χ2n) is 5.54. The first-order valence-electron chi connectivity index (χ1n) is 7.61. The summed E-state index contributed by atoms with van der Waals surface area (Å²) in [6.07, 6.45) is 5.07. The molecule has 0 radical (unpaired) electrons. The van der Waals surface area contributed by atoms with E-state index < -0.39 is 0 Å². The molecule has 1 aliphatic rings. The minimum absolute atomic E-state index is 0.387. The highest BCUT2D eigenvalue weighted by atomic mass is 32.1. The first-order chi connectivity index (χ1) is 12.1. The zero-order chi connectivity index (χ0) is 17.4. The largest absolute Gasteiger partial charge is 0.461 e. The summed E-state index contributed by atoms with van der Waals surface area (Å²) in [6, 6.07) is 7.40. The fourth-order valence-electron chi connectivity index (χ4n) is 2.52. The SMILES string of the molecule is Cc1cc(N2NC=C(C(S)c3nnc(-c4ccco4)n3C)O2)ccn1. The molecule has 3 aromatic rings. The van der Waals surface area contributed by atoms with Gasteiger partial charge in [-0.15, -0.1) is 15.4 Å².